The van der Waals surface area contributed by atoms with E-state index in [0.717, 1.165) is 51.1 Å². The first kappa shape index (κ1) is 28.1. The van der Waals surface area contributed by atoms with Crippen molar-refractivity contribution in [3.05, 3.63) is 100 Å². The first-order valence-electron chi connectivity index (χ1n) is 13.9. The number of benzene rings is 3. The molecule has 6 heteroatoms. The fraction of sp³-hybridized carbons (Fsp3) is 0.229. The number of anilines is 1. The number of pyridine rings is 1. The molecule has 5 rings (SSSR count). The molecule has 3 aromatic carbocycles. The highest BCUT2D eigenvalue weighted by molar-refractivity contribution is 7.17. The van der Waals surface area contributed by atoms with Gasteiger partial charge in [-0.05, 0) is 54.7 Å². The molecule has 0 aliphatic rings. The highest BCUT2D eigenvalue weighted by atomic mass is 32.1. The molecule has 5 aromatic rings. The molecular formula is C35H33N3O2S. The second-order valence-electron chi connectivity index (χ2n) is 10.6. The number of nitrogens with zero attached hydrogens (tertiary/aromatic N) is 2. The Bertz CT molecular complexity index is 1750. The minimum atomic E-state index is -0.278. The predicted octanol–water partition coefficient (Wildman–Crippen LogP) is 9.05. The number of nitriles is 1. The molecule has 0 atom stereocenters. The maximum absolute atomic E-state index is 13.8. The number of carbonyl (C=O) groups is 1. The Hall–Kier alpha value is -4.47. The molecule has 41 heavy (non-hydrogen) atoms. The van der Waals surface area contributed by atoms with Crippen LogP contribution in [0.15, 0.2) is 78.9 Å². The molecule has 2 aromatic heterocycles. The molecule has 0 bridgehead atoms. The summed E-state index contributed by atoms with van der Waals surface area (Å²) >= 11 is 1.43. The van der Waals surface area contributed by atoms with Crippen molar-refractivity contribution in [1.82, 2.24) is 4.98 Å². The quantitative estimate of drug-likeness (QED) is 0.195. The number of para-hydroxylation sites is 1. The summed E-state index contributed by atoms with van der Waals surface area (Å²) in [6.07, 6.45) is 2.10. The number of carbonyl (C=O) groups excluding carboxylic acids is 1. The van der Waals surface area contributed by atoms with Crippen LogP contribution in [0.3, 0.4) is 0 Å². The Morgan fingerprint density at radius 2 is 1.80 bits per heavy atom. The molecule has 0 aliphatic heterocycles. The lowest BCUT2D eigenvalue weighted by molar-refractivity contribution is 0.102. The third-order valence-electron chi connectivity index (χ3n) is 6.88. The molecule has 0 radical (unpaired) electrons. The first-order valence-corrected chi connectivity index (χ1v) is 14.8. The molecule has 206 valence electrons. The van der Waals surface area contributed by atoms with Crippen LogP contribution < -0.4 is 10.1 Å². The monoisotopic (exact) mass is 559 g/mol. The summed E-state index contributed by atoms with van der Waals surface area (Å²) in [6, 6.07) is 27.9. The maximum Gasteiger partial charge on any atom is 0.257 e. The summed E-state index contributed by atoms with van der Waals surface area (Å²) in [6.45, 7) is 8.99. The van der Waals surface area contributed by atoms with Gasteiger partial charge in [-0.3, -0.25) is 4.79 Å². The lowest BCUT2D eigenvalue weighted by atomic mass is 9.99. The minimum Gasteiger partial charge on any atom is -0.493 e. The van der Waals surface area contributed by atoms with Gasteiger partial charge in [-0.2, -0.15) is 5.26 Å². The summed E-state index contributed by atoms with van der Waals surface area (Å²) in [4.78, 5) is 19.7. The third kappa shape index (κ3) is 6.16. The van der Waals surface area contributed by atoms with Crippen LogP contribution in [0, 0.1) is 24.2 Å². The summed E-state index contributed by atoms with van der Waals surface area (Å²) in [7, 11) is 0. The smallest absolute Gasteiger partial charge is 0.257 e. The Balaban J connectivity index is 1.51. The van der Waals surface area contributed by atoms with Crippen molar-refractivity contribution in [3.8, 4) is 34.2 Å². The fourth-order valence-electron chi connectivity index (χ4n) is 4.90. The van der Waals surface area contributed by atoms with Crippen LogP contribution >= 0.6 is 11.3 Å². The average molecular weight is 560 g/mol. The van der Waals surface area contributed by atoms with Gasteiger partial charge >= 0.3 is 0 Å². The molecule has 2 heterocycles. The molecular weight excluding hydrogens is 526 g/mol. The number of hydrogen-bond donors (Lipinski definition) is 1. The van der Waals surface area contributed by atoms with E-state index in [4.69, 9.17) is 9.72 Å². The van der Waals surface area contributed by atoms with Gasteiger partial charge in [0.15, 0.2) is 0 Å². The van der Waals surface area contributed by atoms with Gasteiger partial charge in [0, 0.05) is 21.4 Å². The second-order valence-corrected chi connectivity index (χ2v) is 11.8. The Morgan fingerprint density at radius 3 is 2.54 bits per heavy atom. The van der Waals surface area contributed by atoms with Crippen molar-refractivity contribution >= 4 is 33.1 Å². The van der Waals surface area contributed by atoms with E-state index in [2.05, 4.69) is 56.4 Å². The molecule has 0 unspecified atom stereocenters. The topological polar surface area (TPSA) is 75.0 Å². The van der Waals surface area contributed by atoms with Crippen molar-refractivity contribution in [2.45, 2.75) is 40.5 Å². The van der Waals surface area contributed by atoms with Crippen LogP contribution in [0.5, 0.6) is 5.75 Å². The highest BCUT2D eigenvalue weighted by Gasteiger charge is 2.21. The maximum atomic E-state index is 13.8. The SMILES string of the molecule is CCCc1ccc(-c2c(C)sc(NC(=O)c3cc(-c4cccc(OCC(C)C)c4)nc4ccccc34)c2C#N)cc1. The van der Waals surface area contributed by atoms with Gasteiger partial charge in [0.1, 0.15) is 16.8 Å². The number of nitrogens with one attached hydrogen (secondary N) is 1. The Kier molecular flexibility index (Phi) is 8.47. The van der Waals surface area contributed by atoms with Gasteiger partial charge in [0.25, 0.3) is 5.91 Å². The Labute approximate surface area is 245 Å². The van der Waals surface area contributed by atoms with Crippen molar-refractivity contribution in [3.63, 3.8) is 0 Å². The van der Waals surface area contributed by atoms with Gasteiger partial charge in [-0.15, -0.1) is 11.3 Å². The van der Waals surface area contributed by atoms with Crippen molar-refractivity contribution < 1.29 is 9.53 Å². The van der Waals surface area contributed by atoms with Crippen molar-refractivity contribution in [1.29, 1.82) is 5.26 Å². The summed E-state index contributed by atoms with van der Waals surface area (Å²) in [5.74, 6) is 0.896. The van der Waals surface area contributed by atoms with Gasteiger partial charge in [0.2, 0.25) is 0 Å². The number of thiophene rings is 1. The van der Waals surface area contributed by atoms with Crippen molar-refractivity contribution in [2.75, 3.05) is 11.9 Å². The molecule has 0 aliphatic carbocycles. The van der Waals surface area contributed by atoms with Gasteiger partial charge in [0.05, 0.1) is 28.9 Å². The molecule has 0 saturated carbocycles. The van der Waals surface area contributed by atoms with Crippen LogP contribution in [0.2, 0.25) is 0 Å². The van der Waals surface area contributed by atoms with E-state index >= 15 is 0 Å². The second kappa shape index (κ2) is 12.4. The van der Waals surface area contributed by atoms with Crippen LogP contribution in [0.1, 0.15) is 53.6 Å². The highest BCUT2D eigenvalue weighted by Crippen LogP contribution is 2.40. The van der Waals surface area contributed by atoms with Crippen LogP contribution in [-0.4, -0.2) is 17.5 Å². The normalized spacial score (nSPS) is 11.0. The average Bonchev–Trinajstić information content (AvgIpc) is 3.30. The number of hydrogen-bond acceptors (Lipinski definition) is 5. The summed E-state index contributed by atoms with van der Waals surface area (Å²) < 4.78 is 5.93. The van der Waals surface area contributed by atoms with E-state index < -0.39 is 0 Å². The van der Waals surface area contributed by atoms with Gasteiger partial charge in [-0.25, -0.2) is 4.98 Å². The van der Waals surface area contributed by atoms with Gasteiger partial charge < -0.3 is 10.1 Å². The zero-order chi connectivity index (χ0) is 28.9. The minimum absolute atomic E-state index is 0.278. The van der Waals surface area contributed by atoms with E-state index in [1.165, 1.54) is 16.9 Å². The predicted molar refractivity (Wildman–Crippen MR) is 169 cm³/mol. The largest absolute Gasteiger partial charge is 0.493 e. The van der Waals surface area contributed by atoms with Crippen LogP contribution in [-0.2, 0) is 6.42 Å². The zero-order valence-corrected chi connectivity index (χ0v) is 24.6. The lowest BCUT2D eigenvalue weighted by Crippen LogP contribution is -2.13. The van der Waals surface area contributed by atoms with Crippen molar-refractivity contribution in [2.24, 2.45) is 5.92 Å². The Morgan fingerprint density at radius 1 is 1.02 bits per heavy atom. The molecule has 0 fully saturated rings. The molecule has 0 saturated heterocycles. The zero-order valence-electron chi connectivity index (χ0n) is 23.8. The lowest BCUT2D eigenvalue weighted by Gasteiger charge is -2.12. The number of aromatic nitrogens is 1. The number of amides is 1. The summed E-state index contributed by atoms with van der Waals surface area (Å²) in [5, 5.41) is 14.5. The van der Waals surface area contributed by atoms with Crippen LogP contribution in [0.4, 0.5) is 5.00 Å². The number of ether oxygens (including phenoxy) is 1. The van der Waals surface area contributed by atoms with E-state index in [-0.39, 0.29) is 5.91 Å². The first-order chi connectivity index (χ1) is 19.9. The number of rotatable bonds is 9. The summed E-state index contributed by atoms with van der Waals surface area (Å²) in [5.41, 5.74) is 6.37. The van der Waals surface area contributed by atoms with E-state index in [1.54, 1.807) is 0 Å². The molecule has 5 nitrogen and oxygen atoms in total. The van der Waals surface area contributed by atoms with Crippen LogP contribution in [0.25, 0.3) is 33.3 Å². The fourth-order valence-corrected chi connectivity index (χ4v) is 5.93. The van der Waals surface area contributed by atoms with E-state index in [1.807, 2.05) is 61.5 Å². The van der Waals surface area contributed by atoms with Gasteiger partial charge in [-0.1, -0.05) is 81.8 Å². The standard InChI is InChI=1S/C35H33N3O2S/c1-5-9-24-14-16-25(17-15-24)33-23(4)41-35(30(33)20-36)38-34(39)29-19-32(37-31-13-7-6-12-28(29)31)26-10-8-11-27(18-26)40-21-22(2)3/h6-8,10-19,22H,5,9,21H2,1-4H3,(H,38,39). The molecule has 0 spiro atoms. The number of aryl methyl sites for hydroxylation is 2. The third-order valence-corrected chi connectivity index (χ3v) is 7.90. The molecule has 1 N–H and O–H groups in total. The van der Waals surface area contributed by atoms with E-state index in [0.29, 0.717) is 34.3 Å². The molecule has 1 amide bonds. The number of fused-ring (bicyclic) bond motifs is 1. The van der Waals surface area contributed by atoms with E-state index in [9.17, 15) is 10.1 Å².